The fourth-order valence-corrected chi connectivity index (χ4v) is 1.84. The second-order valence-corrected chi connectivity index (χ2v) is 4.01. The highest BCUT2D eigenvalue weighted by Gasteiger charge is 2.13. The van der Waals surface area contributed by atoms with E-state index in [9.17, 15) is 0 Å². The maximum absolute atomic E-state index is 5.92. The van der Waals surface area contributed by atoms with Crippen molar-refractivity contribution >= 4 is 11.6 Å². The first kappa shape index (κ1) is 11.2. The monoisotopic (exact) mass is 236 g/mol. The number of benzene rings is 1. The minimum atomic E-state index is -0.0338. The molecule has 0 fully saturated rings. The summed E-state index contributed by atoms with van der Waals surface area (Å²) in [5.41, 5.74) is 3.85. The first-order valence-electron chi connectivity index (χ1n) is 5.03. The van der Waals surface area contributed by atoms with E-state index in [1.165, 1.54) is 0 Å². The molecule has 1 atom stereocenters. The molecule has 3 nitrogen and oxygen atoms in total. The Balaban J connectivity index is 2.13. The lowest BCUT2D eigenvalue weighted by Crippen LogP contribution is -2.29. The normalized spacial score (nSPS) is 12.6. The van der Waals surface area contributed by atoms with E-state index in [2.05, 4.69) is 5.43 Å². The van der Waals surface area contributed by atoms with Crippen LogP contribution in [0.1, 0.15) is 17.4 Å². The van der Waals surface area contributed by atoms with Crippen LogP contribution in [0.3, 0.4) is 0 Å². The molecule has 3 N–H and O–H groups in total. The van der Waals surface area contributed by atoms with Gasteiger partial charge in [-0.2, -0.15) is 0 Å². The van der Waals surface area contributed by atoms with Crippen LogP contribution < -0.4 is 11.3 Å². The highest BCUT2D eigenvalue weighted by molar-refractivity contribution is 6.30. The third-order valence-corrected chi connectivity index (χ3v) is 2.65. The fourth-order valence-electron chi connectivity index (χ4n) is 1.63. The molecule has 0 spiro atoms. The number of hydrazine groups is 1. The van der Waals surface area contributed by atoms with Gasteiger partial charge in [0.05, 0.1) is 12.3 Å². The average Bonchev–Trinajstić information content (AvgIpc) is 2.79. The molecular formula is C12H13ClN2O. The lowest BCUT2D eigenvalue weighted by atomic mass is 10.0. The number of furan rings is 1. The zero-order valence-corrected chi connectivity index (χ0v) is 9.45. The first-order chi connectivity index (χ1) is 7.79. The standard InChI is InChI=1S/C12H13ClN2O/c13-10-4-1-3-9(7-10)8-11(15-14)12-5-2-6-16-12/h1-7,11,15H,8,14H2. The van der Waals surface area contributed by atoms with E-state index >= 15 is 0 Å². The van der Waals surface area contributed by atoms with Gasteiger partial charge in [-0.25, -0.2) is 5.43 Å². The van der Waals surface area contributed by atoms with E-state index in [4.69, 9.17) is 21.9 Å². The van der Waals surface area contributed by atoms with E-state index < -0.39 is 0 Å². The maximum Gasteiger partial charge on any atom is 0.122 e. The Morgan fingerprint density at radius 1 is 1.31 bits per heavy atom. The maximum atomic E-state index is 5.92. The van der Waals surface area contributed by atoms with Crippen molar-refractivity contribution in [3.63, 3.8) is 0 Å². The van der Waals surface area contributed by atoms with E-state index in [-0.39, 0.29) is 6.04 Å². The molecule has 0 aliphatic carbocycles. The van der Waals surface area contributed by atoms with Crippen LogP contribution in [0.5, 0.6) is 0 Å². The molecule has 4 heteroatoms. The Morgan fingerprint density at radius 2 is 2.19 bits per heavy atom. The number of hydrogen-bond donors (Lipinski definition) is 2. The molecular weight excluding hydrogens is 224 g/mol. The Kier molecular flexibility index (Phi) is 3.62. The third kappa shape index (κ3) is 2.64. The largest absolute Gasteiger partial charge is 0.468 e. The van der Waals surface area contributed by atoms with Crippen LogP contribution in [0, 0.1) is 0 Å². The lowest BCUT2D eigenvalue weighted by Gasteiger charge is -2.13. The SMILES string of the molecule is NNC(Cc1cccc(Cl)c1)c1ccco1. The second kappa shape index (κ2) is 5.16. The van der Waals surface area contributed by atoms with Crippen LogP contribution in [-0.4, -0.2) is 0 Å². The molecule has 0 aliphatic rings. The van der Waals surface area contributed by atoms with Crippen LogP contribution in [0.2, 0.25) is 5.02 Å². The summed E-state index contributed by atoms with van der Waals surface area (Å²) < 4.78 is 5.31. The van der Waals surface area contributed by atoms with Crippen molar-refractivity contribution in [2.75, 3.05) is 0 Å². The minimum absolute atomic E-state index is 0.0338. The first-order valence-corrected chi connectivity index (χ1v) is 5.41. The quantitative estimate of drug-likeness (QED) is 0.634. The molecule has 2 aromatic rings. The van der Waals surface area contributed by atoms with Crippen molar-refractivity contribution in [3.8, 4) is 0 Å². The molecule has 1 unspecified atom stereocenters. The van der Waals surface area contributed by atoms with Gasteiger partial charge in [-0.05, 0) is 36.2 Å². The van der Waals surface area contributed by atoms with Crippen molar-refractivity contribution in [2.45, 2.75) is 12.5 Å². The zero-order valence-electron chi connectivity index (χ0n) is 8.69. The fraction of sp³-hybridized carbons (Fsp3) is 0.167. The summed E-state index contributed by atoms with van der Waals surface area (Å²) in [6.07, 6.45) is 2.38. The van der Waals surface area contributed by atoms with Crippen molar-refractivity contribution in [1.82, 2.24) is 5.43 Å². The molecule has 0 radical (unpaired) electrons. The molecule has 1 heterocycles. The Labute approximate surface area is 99.2 Å². The van der Waals surface area contributed by atoms with Crippen LogP contribution in [-0.2, 0) is 6.42 Å². The van der Waals surface area contributed by atoms with Gasteiger partial charge in [-0.15, -0.1) is 0 Å². The van der Waals surface area contributed by atoms with Crippen LogP contribution in [0.25, 0.3) is 0 Å². The van der Waals surface area contributed by atoms with Crippen LogP contribution in [0.4, 0.5) is 0 Å². The minimum Gasteiger partial charge on any atom is -0.468 e. The van der Waals surface area contributed by atoms with Crippen molar-refractivity contribution < 1.29 is 4.42 Å². The molecule has 0 saturated carbocycles. The highest BCUT2D eigenvalue weighted by Crippen LogP contribution is 2.20. The van der Waals surface area contributed by atoms with Gasteiger partial charge in [0.15, 0.2) is 0 Å². The second-order valence-electron chi connectivity index (χ2n) is 3.57. The van der Waals surface area contributed by atoms with Gasteiger partial charge in [0.2, 0.25) is 0 Å². The summed E-state index contributed by atoms with van der Waals surface area (Å²) in [4.78, 5) is 0. The number of nitrogens with two attached hydrogens (primary N) is 1. The lowest BCUT2D eigenvalue weighted by molar-refractivity contribution is 0.416. The summed E-state index contributed by atoms with van der Waals surface area (Å²) in [6, 6.07) is 11.4. The van der Waals surface area contributed by atoms with Gasteiger partial charge in [-0.1, -0.05) is 23.7 Å². The van der Waals surface area contributed by atoms with Gasteiger partial charge >= 0.3 is 0 Å². The number of rotatable bonds is 4. The zero-order chi connectivity index (χ0) is 11.4. The van der Waals surface area contributed by atoms with E-state index in [0.717, 1.165) is 22.8 Å². The highest BCUT2D eigenvalue weighted by atomic mass is 35.5. The Hall–Kier alpha value is -1.29. The average molecular weight is 237 g/mol. The topological polar surface area (TPSA) is 51.2 Å². The molecule has 1 aromatic carbocycles. The summed E-state index contributed by atoms with van der Waals surface area (Å²) in [5.74, 6) is 6.33. The van der Waals surface area contributed by atoms with Crippen LogP contribution >= 0.6 is 11.6 Å². The van der Waals surface area contributed by atoms with E-state index in [1.807, 2.05) is 36.4 Å². The predicted octanol–water partition coefficient (Wildman–Crippen LogP) is 2.68. The number of nitrogens with one attached hydrogen (secondary N) is 1. The summed E-state index contributed by atoms with van der Waals surface area (Å²) >= 11 is 5.92. The van der Waals surface area contributed by atoms with E-state index in [1.54, 1.807) is 6.26 Å². The molecule has 0 aliphatic heterocycles. The Morgan fingerprint density at radius 3 is 2.81 bits per heavy atom. The van der Waals surface area contributed by atoms with E-state index in [0.29, 0.717) is 0 Å². The molecule has 0 saturated heterocycles. The summed E-state index contributed by atoms with van der Waals surface area (Å²) in [6.45, 7) is 0. The van der Waals surface area contributed by atoms with Gasteiger partial charge < -0.3 is 4.42 Å². The number of hydrogen-bond acceptors (Lipinski definition) is 3. The molecule has 16 heavy (non-hydrogen) atoms. The number of halogens is 1. The van der Waals surface area contributed by atoms with Crippen molar-refractivity contribution in [1.29, 1.82) is 0 Å². The predicted molar refractivity (Wildman–Crippen MR) is 63.9 cm³/mol. The van der Waals surface area contributed by atoms with Crippen molar-refractivity contribution in [2.24, 2.45) is 5.84 Å². The van der Waals surface area contributed by atoms with Gasteiger partial charge in [-0.3, -0.25) is 5.84 Å². The Bertz CT molecular complexity index is 442. The molecule has 0 amide bonds. The van der Waals surface area contributed by atoms with Gasteiger partial charge in [0.1, 0.15) is 5.76 Å². The third-order valence-electron chi connectivity index (χ3n) is 2.42. The summed E-state index contributed by atoms with van der Waals surface area (Å²) in [7, 11) is 0. The van der Waals surface area contributed by atoms with Crippen molar-refractivity contribution in [3.05, 3.63) is 59.0 Å². The van der Waals surface area contributed by atoms with Gasteiger partial charge in [0, 0.05) is 5.02 Å². The molecule has 0 bridgehead atoms. The summed E-state index contributed by atoms with van der Waals surface area (Å²) in [5, 5.41) is 0.729. The van der Waals surface area contributed by atoms with Crippen LogP contribution in [0.15, 0.2) is 47.1 Å². The smallest absolute Gasteiger partial charge is 0.122 e. The molecule has 2 rings (SSSR count). The molecule has 1 aromatic heterocycles. The molecule has 84 valence electrons. The van der Waals surface area contributed by atoms with Gasteiger partial charge in [0.25, 0.3) is 0 Å².